The molecule has 7 unspecified atom stereocenters. The summed E-state index contributed by atoms with van der Waals surface area (Å²) >= 11 is 0. The summed E-state index contributed by atoms with van der Waals surface area (Å²) in [5.74, 6) is 4.66. The van der Waals surface area contributed by atoms with E-state index in [9.17, 15) is 10.0 Å². The fraction of sp³-hybridized carbons (Fsp3) is 0.852. The molecular formula is C27H43NO2. The van der Waals surface area contributed by atoms with Crippen molar-refractivity contribution in [2.75, 3.05) is 0 Å². The van der Waals surface area contributed by atoms with Gasteiger partial charge in [0.2, 0.25) is 0 Å². The van der Waals surface area contributed by atoms with Crippen molar-refractivity contribution in [2.45, 2.75) is 98.8 Å². The van der Waals surface area contributed by atoms with Crippen LogP contribution in [0.5, 0.6) is 0 Å². The maximum absolute atomic E-state index is 13.3. The zero-order valence-corrected chi connectivity index (χ0v) is 19.9. The summed E-state index contributed by atoms with van der Waals surface area (Å²) in [7, 11) is 0. The van der Waals surface area contributed by atoms with E-state index < -0.39 is 0 Å². The molecule has 0 aliphatic heterocycles. The normalized spacial score (nSPS) is 43.2. The van der Waals surface area contributed by atoms with Gasteiger partial charge in [0.1, 0.15) is 0 Å². The van der Waals surface area contributed by atoms with Crippen molar-refractivity contribution in [3.8, 4) is 0 Å². The van der Waals surface area contributed by atoms with Gasteiger partial charge in [0.25, 0.3) is 0 Å². The predicted molar refractivity (Wildman–Crippen MR) is 123 cm³/mol. The monoisotopic (exact) mass is 413 g/mol. The molecule has 0 bridgehead atoms. The average Bonchev–Trinajstić information content (AvgIpc) is 3.05. The maximum atomic E-state index is 13.3. The van der Waals surface area contributed by atoms with Crippen LogP contribution in [0.4, 0.5) is 0 Å². The van der Waals surface area contributed by atoms with E-state index in [4.69, 9.17) is 0 Å². The Balaban J connectivity index is 1.54. The highest BCUT2D eigenvalue weighted by atomic mass is 16.4. The molecule has 0 saturated heterocycles. The van der Waals surface area contributed by atoms with Crippen LogP contribution in [0.25, 0.3) is 0 Å². The van der Waals surface area contributed by atoms with Crippen molar-refractivity contribution in [1.82, 2.24) is 0 Å². The number of ketones is 1. The first kappa shape index (κ1) is 22.1. The number of hydrogen-bond donors (Lipinski definition) is 1. The van der Waals surface area contributed by atoms with Crippen LogP contribution in [0.15, 0.2) is 16.8 Å². The molecule has 4 rings (SSSR count). The summed E-state index contributed by atoms with van der Waals surface area (Å²) in [5.41, 5.74) is 2.05. The van der Waals surface area contributed by atoms with E-state index >= 15 is 0 Å². The topological polar surface area (TPSA) is 49.7 Å². The number of carbonyl (C=O) groups is 1. The zero-order chi connectivity index (χ0) is 21.7. The molecule has 1 N–H and O–H groups in total. The minimum absolute atomic E-state index is 0.0174. The van der Waals surface area contributed by atoms with E-state index in [1.54, 1.807) is 0 Å². The first-order valence-electron chi connectivity index (χ1n) is 12.7. The van der Waals surface area contributed by atoms with E-state index in [1.807, 2.05) is 6.08 Å². The highest BCUT2D eigenvalue weighted by Gasteiger charge is 2.60. The van der Waals surface area contributed by atoms with E-state index in [-0.39, 0.29) is 5.41 Å². The Labute approximate surface area is 183 Å². The smallest absolute Gasteiger partial charge is 0.159 e. The van der Waals surface area contributed by atoms with Crippen LogP contribution in [0, 0.1) is 46.3 Å². The van der Waals surface area contributed by atoms with Gasteiger partial charge in [-0.1, -0.05) is 59.0 Å². The minimum atomic E-state index is -0.0174. The second kappa shape index (κ2) is 8.10. The fourth-order valence-electron chi connectivity index (χ4n) is 8.50. The van der Waals surface area contributed by atoms with Crippen LogP contribution in [0.1, 0.15) is 98.8 Å². The van der Waals surface area contributed by atoms with E-state index in [1.165, 1.54) is 44.9 Å². The highest BCUT2D eigenvalue weighted by molar-refractivity contribution is 6.07. The number of fused-ring (bicyclic) bond motifs is 5. The number of rotatable bonds is 5. The van der Waals surface area contributed by atoms with Gasteiger partial charge in [-0.3, -0.25) is 4.79 Å². The number of allylic oxidation sites excluding steroid dienone is 2. The quantitative estimate of drug-likeness (QED) is 0.388. The molecule has 30 heavy (non-hydrogen) atoms. The van der Waals surface area contributed by atoms with Crippen molar-refractivity contribution >= 4 is 11.5 Å². The van der Waals surface area contributed by atoms with Crippen molar-refractivity contribution in [3.05, 3.63) is 11.6 Å². The Hall–Kier alpha value is -1.12. The van der Waals surface area contributed by atoms with Crippen LogP contribution in [-0.2, 0) is 4.79 Å². The van der Waals surface area contributed by atoms with Gasteiger partial charge in [-0.05, 0) is 90.9 Å². The predicted octanol–water partition coefficient (Wildman–Crippen LogP) is 7.04. The molecule has 0 aromatic rings. The van der Waals surface area contributed by atoms with Crippen LogP contribution in [-0.4, -0.2) is 16.7 Å². The van der Waals surface area contributed by atoms with Crippen molar-refractivity contribution in [3.63, 3.8) is 0 Å². The van der Waals surface area contributed by atoms with Gasteiger partial charge in [-0.2, -0.15) is 0 Å². The van der Waals surface area contributed by atoms with E-state index in [0.717, 1.165) is 42.6 Å². The molecule has 4 aliphatic rings. The van der Waals surface area contributed by atoms with Crippen LogP contribution in [0.2, 0.25) is 0 Å². The summed E-state index contributed by atoms with van der Waals surface area (Å²) in [5, 5.41) is 12.7. The molecule has 4 aliphatic carbocycles. The molecule has 0 aromatic heterocycles. The summed E-state index contributed by atoms with van der Waals surface area (Å²) < 4.78 is 0. The minimum Gasteiger partial charge on any atom is -0.411 e. The van der Waals surface area contributed by atoms with E-state index in [2.05, 4.69) is 39.8 Å². The lowest BCUT2D eigenvalue weighted by atomic mass is 9.46. The standard InChI is InChI=1S/C27H43NO2/c1-17(2)7-6-8-18(3)21-9-10-22-20-16-25(29)24-15-19(28-30)11-13-27(24,5)23(20)12-14-26(21,22)4/h15,17-18,20-23,30H,6-14,16H2,1-5H3. The lowest BCUT2D eigenvalue weighted by molar-refractivity contribution is -0.128. The van der Waals surface area contributed by atoms with Gasteiger partial charge in [0, 0.05) is 12.0 Å². The molecule has 0 radical (unpaired) electrons. The third-order valence-corrected chi connectivity index (χ3v) is 10.1. The SMILES string of the molecule is CC(C)CCCC(C)C1CCC2C3CC(=O)C4=CC(=NO)CCC4(C)C3CCC12C. The Morgan fingerprint density at radius 2 is 1.87 bits per heavy atom. The van der Waals surface area contributed by atoms with Gasteiger partial charge in [0.05, 0.1) is 5.71 Å². The van der Waals surface area contributed by atoms with Crippen LogP contribution < -0.4 is 0 Å². The average molecular weight is 414 g/mol. The summed E-state index contributed by atoms with van der Waals surface area (Å²) in [6.07, 6.45) is 13.8. The third kappa shape index (κ3) is 3.48. The molecular weight excluding hydrogens is 370 g/mol. The molecule has 168 valence electrons. The van der Waals surface area contributed by atoms with Crippen molar-refractivity contribution < 1.29 is 10.0 Å². The van der Waals surface area contributed by atoms with Crippen molar-refractivity contribution in [1.29, 1.82) is 0 Å². The lowest BCUT2D eigenvalue weighted by Gasteiger charge is -2.58. The summed E-state index contributed by atoms with van der Waals surface area (Å²) in [6.45, 7) is 12.1. The third-order valence-electron chi connectivity index (χ3n) is 10.1. The molecule has 3 saturated carbocycles. The van der Waals surface area contributed by atoms with Gasteiger partial charge in [-0.15, -0.1) is 0 Å². The second-order valence-electron chi connectivity index (χ2n) is 12.1. The second-order valence-corrected chi connectivity index (χ2v) is 12.1. The number of oxime groups is 1. The molecule has 3 fully saturated rings. The summed E-state index contributed by atoms with van der Waals surface area (Å²) in [4.78, 5) is 13.3. The largest absolute Gasteiger partial charge is 0.411 e. The van der Waals surface area contributed by atoms with Gasteiger partial charge in [0.15, 0.2) is 5.78 Å². The molecule has 3 nitrogen and oxygen atoms in total. The number of carbonyl (C=O) groups excluding carboxylic acids is 1. The number of hydrogen-bond acceptors (Lipinski definition) is 3. The number of Topliss-reactive ketones (excluding diaryl/α,β-unsaturated/α-hetero) is 1. The Morgan fingerprint density at radius 3 is 2.57 bits per heavy atom. The zero-order valence-electron chi connectivity index (χ0n) is 19.9. The Morgan fingerprint density at radius 1 is 1.10 bits per heavy atom. The molecule has 0 heterocycles. The van der Waals surface area contributed by atoms with E-state index in [0.29, 0.717) is 34.7 Å². The van der Waals surface area contributed by atoms with Crippen molar-refractivity contribution in [2.24, 2.45) is 51.5 Å². The van der Waals surface area contributed by atoms with Gasteiger partial charge < -0.3 is 5.21 Å². The Bertz CT molecular complexity index is 737. The molecule has 3 heteroatoms. The molecule has 7 atom stereocenters. The first-order chi connectivity index (χ1) is 14.2. The highest BCUT2D eigenvalue weighted by Crippen LogP contribution is 2.67. The molecule has 0 spiro atoms. The first-order valence-corrected chi connectivity index (χ1v) is 12.7. The molecule has 0 aromatic carbocycles. The number of nitrogens with zero attached hydrogens (tertiary/aromatic N) is 1. The maximum Gasteiger partial charge on any atom is 0.159 e. The van der Waals surface area contributed by atoms with Gasteiger partial charge >= 0.3 is 0 Å². The summed E-state index contributed by atoms with van der Waals surface area (Å²) in [6, 6.07) is 0. The van der Waals surface area contributed by atoms with Crippen LogP contribution in [0.3, 0.4) is 0 Å². The van der Waals surface area contributed by atoms with Crippen LogP contribution >= 0.6 is 0 Å². The molecule has 0 amide bonds. The van der Waals surface area contributed by atoms with Gasteiger partial charge in [-0.25, -0.2) is 0 Å². The Kier molecular flexibility index (Phi) is 5.96. The lowest BCUT2D eigenvalue weighted by Crippen LogP contribution is -2.53. The fourth-order valence-corrected chi connectivity index (χ4v) is 8.50.